The van der Waals surface area contributed by atoms with Gasteiger partial charge in [0.2, 0.25) is 0 Å². The lowest BCUT2D eigenvalue weighted by molar-refractivity contribution is 0.0682. The van der Waals surface area contributed by atoms with E-state index in [9.17, 15) is 12.8 Å². The number of halogens is 1. The summed E-state index contributed by atoms with van der Waals surface area (Å²) < 4.78 is 47.6. The standard InChI is InChI=1S/C15H21FN2O3S/c16-14-5-3-4-13(12-14)15-6-1-2-7-18(15)22(19,20)17-8-10-21-11-9-17/h3-5,12,15H,1-2,6-11H2. The third kappa shape index (κ3) is 3.17. The molecule has 0 N–H and O–H groups in total. The Labute approximate surface area is 130 Å². The number of morpholine rings is 1. The topological polar surface area (TPSA) is 49.9 Å². The van der Waals surface area contributed by atoms with Gasteiger partial charge in [-0.05, 0) is 30.5 Å². The average Bonchev–Trinajstić information content (AvgIpc) is 2.56. The van der Waals surface area contributed by atoms with Gasteiger partial charge in [-0.2, -0.15) is 17.0 Å². The number of piperidine rings is 1. The molecule has 0 bridgehead atoms. The number of nitrogens with zero attached hydrogens (tertiary/aromatic N) is 2. The van der Waals surface area contributed by atoms with Crippen LogP contribution in [0.15, 0.2) is 24.3 Å². The molecule has 7 heteroatoms. The summed E-state index contributed by atoms with van der Waals surface area (Å²) in [6.45, 7) is 2.11. The molecular formula is C15H21FN2O3S. The van der Waals surface area contributed by atoms with E-state index in [4.69, 9.17) is 4.74 Å². The van der Waals surface area contributed by atoms with Gasteiger partial charge in [0.25, 0.3) is 10.2 Å². The summed E-state index contributed by atoms with van der Waals surface area (Å²) in [5.41, 5.74) is 0.733. The first-order valence-corrected chi connectivity index (χ1v) is 9.09. The number of hydrogen-bond donors (Lipinski definition) is 0. The van der Waals surface area contributed by atoms with Crippen molar-refractivity contribution in [1.82, 2.24) is 8.61 Å². The maximum Gasteiger partial charge on any atom is 0.282 e. The molecular weight excluding hydrogens is 307 g/mol. The molecule has 0 aliphatic carbocycles. The van der Waals surface area contributed by atoms with Crippen molar-refractivity contribution in [2.75, 3.05) is 32.8 Å². The van der Waals surface area contributed by atoms with Crippen LogP contribution in [0.1, 0.15) is 30.9 Å². The molecule has 0 amide bonds. The smallest absolute Gasteiger partial charge is 0.282 e. The van der Waals surface area contributed by atoms with Crippen molar-refractivity contribution < 1.29 is 17.5 Å². The Bertz CT molecular complexity index is 617. The van der Waals surface area contributed by atoms with Crippen LogP contribution in [0.3, 0.4) is 0 Å². The first-order valence-electron chi connectivity index (χ1n) is 7.69. The highest BCUT2D eigenvalue weighted by Gasteiger charge is 2.37. The van der Waals surface area contributed by atoms with Crippen molar-refractivity contribution in [3.8, 4) is 0 Å². The Morgan fingerprint density at radius 3 is 2.64 bits per heavy atom. The van der Waals surface area contributed by atoms with Gasteiger partial charge in [0.1, 0.15) is 5.82 Å². The van der Waals surface area contributed by atoms with Crippen LogP contribution in [0.2, 0.25) is 0 Å². The molecule has 0 aromatic heterocycles. The maximum absolute atomic E-state index is 13.5. The van der Waals surface area contributed by atoms with Crippen LogP contribution in [-0.4, -0.2) is 49.9 Å². The van der Waals surface area contributed by atoms with E-state index >= 15 is 0 Å². The number of rotatable bonds is 3. The van der Waals surface area contributed by atoms with E-state index in [1.165, 1.54) is 20.7 Å². The van der Waals surface area contributed by atoms with Gasteiger partial charge in [-0.15, -0.1) is 0 Å². The van der Waals surface area contributed by atoms with Gasteiger partial charge in [0.15, 0.2) is 0 Å². The largest absolute Gasteiger partial charge is 0.379 e. The van der Waals surface area contributed by atoms with E-state index in [0.29, 0.717) is 32.8 Å². The molecule has 1 unspecified atom stereocenters. The zero-order chi connectivity index (χ0) is 15.6. The van der Waals surface area contributed by atoms with E-state index in [1.807, 2.05) is 0 Å². The van der Waals surface area contributed by atoms with Gasteiger partial charge in [0.05, 0.1) is 19.3 Å². The summed E-state index contributed by atoms with van der Waals surface area (Å²) in [6.07, 6.45) is 2.53. The highest BCUT2D eigenvalue weighted by Crippen LogP contribution is 2.34. The molecule has 0 spiro atoms. The minimum absolute atomic E-state index is 0.280. The Kier molecular flexibility index (Phi) is 4.77. The molecule has 1 aromatic carbocycles. The van der Waals surface area contributed by atoms with Crippen molar-refractivity contribution >= 4 is 10.2 Å². The maximum atomic E-state index is 13.5. The van der Waals surface area contributed by atoms with Crippen LogP contribution in [-0.2, 0) is 14.9 Å². The third-order valence-electron chi connectivity index (χ3n) is 4.28. The van der Waals surface area contributed by atoms with Crippen LogP contribution in [0, 0.1) is 5.82 Å². The number of ether oxygens (including phenoxy) is 1. The lowest BCUT2D eigenvalue weighted by Crippen LogP contribution is -2.50. The first kappa shape index (κ1) is 15.9. The fourth-order valence-electron chi connectivity index (χ4n) is 3.15. The van der Waals surface area contributed by atoms with Crippen LogP contribution >= 0.6 is 0 Å². The Hall–Kier alpha value is -1.02. The highest BCUT2D eigenvalue weighted by molar-refractivity contribution is 7.86. The van der Waals surface area contributed by atoms with Gasteiger partial charge < -0.3 is 4.74 Å². The monoisotopic (exact) mass is 328 g/mol. The average molecular weight is 328 g/mol. The lowest BCUT2D eigenvalue weighted by Gasteiger charge is -2.39. The van der Waals surface area contributed by atoms with E-state index < -0.39 is 10.2 Å². The summed E-state index contributed by atoms with van der Waals surface area (Å²) >= 11 is 0. The predicted molar refractivity (Wildman–Crippen MR) is 81.0 cm³/mol. The minimum Gasteiger partial charge on any atom is -0.379 e. The summed E-state index contributed by atoms with van der Waals surface area (Å²) in [6, 6.07) is 5.99. The van der Waals surface area contributed by atoms with Crippen molar-refractivity contribution in [1.29, 1.82) is 0 Å². The second kappa shape index (κ2) is 6.62. The van der Waals surface area contributed by atoms with Gasteiger partial charge >= 0.3 is 0 Å². The molecule has 122 valence electrons. The third-order valence-corrected chi connectivity index (χ3v) is 6.33. The Balaban J connectivity index is 1.88. The summed E-state index contributed by atoms with van der Waals surface area (Å²) in [7, 11) is -3.53. The molecule has 2 heterocycles. The van der Waals surface area contributed by atoms with E-state index in [-0.39, 0.29) is 11.9 Å². The van der Waals surface area contributed by atoms with E-state index in [2.05, 4.69) is 0 Å². The Morgan fingerprint density at radius 1 is 1.14 bits per heavy atom. The van der Waals surface area contributed by atoms with Crippen molar-refractivity contribution in [3.05, 3.63) is 35.6 Å². The van der Waals surface area contributed by atoms with Crippen LogP contribution in [0.5, 0.6) is 0 Å². The fourth-order valence-corrected chi connectivity index (χ4v) is 4.97. The van der Waals surface area contributed by atoms with Crippen molar-refractivity contribution in [3.63, 3.8) is 0 Å². The SMILES string of the molecule is O=S(=O)(N1CCOCC1)N1CCCCC1c1cccc(F)c1. The molecule has 1 atom stereocenters. The normalized spacial score (nSPS) is 25.2. The second-order valence-electron chi connectivity index (χ2n) is 5.70. The molecule has 22 heavy (non-hydrogen) atoms. The van der Waals surface area contributed by atoms with Crippen LogP contribution in [0.25, 0.3) is 0 Å². The quantitative estimate of drug-likeness (QED) is 0.852. The van der Waals surface area contributed by atoms with Gasteiger partial charge in [-0.3, -0.25) is 0 Å². The van der Waals surface area contributed by atoms with Gasteiger partial charge in [0, 0.05) is 19.6 Å². The van der Waals surface area contributed by atoms with Crippen molar-refractivity contribution in [2.45, 2.75) is 25.3 Å². The van der Waals surface area contributed by atoms with E-state index in [0.717, 1.165) is 24.8 Å². The molecule has 0 saturated carbocycles. The van der Waals surface area contributed by atoms with Gasteiger partial charge in [-0.25, -0.2) is 4.39 Å². The zero-order valence-electron chi connectivity index (χ0n) is 12.4. The highest BCUT2D eigenvalue weighted by atomic mass is 32.2. The molecule has 2 fully saturated rings. The molecule has 2 aliphatic rings. The van der Waals surface area contributed by atoms with Crippen LogP contribution in [0.4, 0.5) is 4.39 Å². The zero-order valence-corrected chi connectivity index (χ0v) is 13.3. The fraction of sp³-hybridized carbons (Fsp3) is 0.600. The predicted octanol–water partition coefficient (Wildman–Crippen LogP) is 1.93. The summed E-state index contributed by atoms with van der Waals surface area (Å²) in [5.74, 6) is -0.327. The van der Waals surface area contributed by atoms with Crippen LogP contribution < -0.4 is 0 Å². The minimum atomic E-state index is -3.53. The molecule has 2 aliphatic heterocycles. The number of benzene rings is 1. The Morgan fingerprint density at radius 2 is 1.91 bits per heavy atom. The second-order valence-corrected chi connectivity index (χ2v) is 7.58. The van der Waals surface area contributed by atoms with Gasteiger partial charge in [-0.1, -0.05) is 18.6 Å². The lowest BCUT2D eigenvalue weighted by atomic mass is 9.97. The first-order chi connectivity index (χ1) is 10.6. The molecule has 5 nitrogen and oxygen atoms in total. The van der Waals surface area contributed by atoms with E-state index in [1.54, 1.807) is 12.1 Å². The molecule has 0 radical (unpaired) electrons. The van der Waals surface area contributed by atoms with Crippen molar-refractivity contribution in [2.24, 2.45) is 0 Å². The molecule has 3 rings (SSSR count). The summed E-state index contributed by atoms with van der Waals surface area (Å²) in [5, 5.41) is 0. The molecule has 2 saturated heterocycles. The summed E-state index contributed by atoms with van der Waals surface area (Å²) in [4.78, 5) is 0. The molecule has 1 aromatic rings. The number of hydrogen-bond acceptors (Lipinski definition) is 3.